The standard InChI is InChI=1S/C7H16FNO/c1-2-4-9(5-3-8)6-7-10/h10H,2-7H2,1H3. The molecule has 0 radical (unpaired) electrons. The van der Waals surface area contributed by atoms with Crippen LogP contribution in [0.4, 0.5) is 4.39 Å². The number of nitrogens with zero attached hydrogens (tertiary/aromatic N) is 1. The van der Waals surface area contributed by atoms with Crippen molar-refractivity contribution in [2.24, 2.45) is 0 Å². The molecule has 0 aromatic rings. The van der Waals surface area contributed by atoms with Crippen molar-refractivity contribution in [3.8, 4) is 0 Å². The Morgan fingerprint density at radius 3 is 2.40 bits per heavy atom. The van der Waals surface area contributed by atoms with Gasteiger partial charge in [0.2, 0.25) is 0 Å². The molecule has 3 heteroatoms. The van der Waals surface area contributed by atoms with Gasteiger partial charge in [0.25, 0.3) is 0 Å². The van der Waals surface area contributed by atoms with Crippen LogP contribution in [0, 0.1) is 0 Å². The molecule has 0 aliphatic carbocycles. The van der Waals surface area contributed by atoms with E-state index < -0.39 is 0 Å². The van der Waals surface area contributed by atoms with Gasteiger partial charge in [0.15, 0.2) is 0 Å². The quantitative estimate of drug-likeness (QED) is 0.599. The highest BCUT2D eigenvalue weighted by atomic mass is 19.1. The van der Waals surface area contributed by atoms with Crippen LogP contribution in [-0.2, 0) is 0 Å². The minimum atomic E-state index is -0.319. The van der Waals surface area contributed by atoms with Crippen LogP contribution < -0.4 is 0 Å². The second kappa shape index (κ2) is 6.96. The highest BCUT2D eigenvalue weighted by Crippen LogP contribution is 1.89. The summed E-state index contributed by atoms with van der Waals surface area (Å²) >= 11 is 0. The molecule has 0 saturated carbocycles. The lowest BCUT2D eigenvalue weighted by molar-refractivity contribution is 0.186. The molecule has 10 heavy (non-hydrogen) atoms. The molecule has 0 unspecified atom stereocenters. The number of alkyl halides is 1. The SMILES string of the molecule is CCCN(CCO)CCF. The number of aliphatic hydroxyl groups excluding tert-OH is 1. The lowest BCUT2D eigenvalue weighted by Gasteiger charge is -2.17. The first-order valence-corrected chi connectivity index (χ1v) is 3.74. The molecule has 0 fully saturated rings. The van der Waals surface area contributed by atoms with Crippen LogP contribution in [0.15, 0.2) is 0 Å². The maximum absolute atomic E-state index is 11.8. The monoisotopic (exact) mass is 149 g/mol. The highest BCUT2D eigenvalue weighted by molar-refractivity contribution is 4.54. The molecular weight excluding hydrogens is 133 g/mol. The van der Waals surface area contributed by atoms with Crippen molar-refractivity contribution in [3.63, 3.8) is 0 Å². The van der Waals surface area contributed by atoms with Crippen molar-refractivity contribution < 1.29 is 9.50 Å². The fraction of sp³-hybridized carbons (Fsp3) is 1.00. The van der Waals surface area contributed by atoms with Crippen LogP contribution in [0.2, 0.25) is 0 Å². The van der Waals surface area contributed by atoms with Gasteiger partial charge < -0.3 is 5.11 Å². The Morgan fingerprint density at radius 2 is 2.00 bits per heavy atom. The fourth-order valence-corrected chi connectivity index (χ4v) is 0.913. The number of aliphatic hydroxyl groups is 1. The third-order valence-corrected chi connectivity index (χ3v) is 1.36. The van der Waals surface area contributed by atoms with Gasteiger partial charge in [0.1, 0.15) is 6.67 Å². The first-order chi connectivity index (χ1) is 4.85. The van der Waals surface area contributed by atoms with Gasteiger partial charge in [0, 0.05) is 13.1 Å². The van der Waals surface area contributed by atoms with Crippen molar-refractivity contribution in [1.82, 2.24) is 4.90 Å². The second-order valence-electron chi connectivity index (χ2n) is 2.25. The van der Waals surface area contributed by atoms with Crippen molar-refractivity contribution in [3.05, 3.63) is 0 Å². The predicted molar refractivity (Wildman–Crippen MR) is 39.8 cm³/mol. The second-order valence-corrected chi connectivity index (χ2v) is 2.25. The molecule has 0 saturated heterocycles. The first kappa shape index (κ1) is 9.85. The fourth-order valence-electron chi connectivity index (χ4n) is 0.913. The number of hydrogen-bond donors (Lipinski definition) is 1. The minimum Gasteiger partial charge on any atom is -0.395 e. The summed E-state index contributed by atoms with van der Waals surface area (Å²) in [5.41, 5.74) is 0. The lowest BCUT2D eigenvalue weighted by atomic mass is 10.4. The van der Waals surface area contributed by atoms with Crippen LogP contribution in [-0.4, -0.2) is 42.9 Å². The normalized spacial score (nSPS) is 10.8. The average Bonchev–Trinajstić information content (AvgIpc) is 1.90. The number of rotatable bonds is 6. The lowest BCUT2D eigenvalue weighted by Crippen LogP contribution is -2.29. The van der Waals surface area contributed by atoms with Gasteiger partial charge in [-0.25, -0.2) is 4.39 Å². The minimum absolute atomic E-state index is 0.125. The molecule has 0 aromatic heterocycles. The largest absolute Gasteiger partial charge is 0.395 e. The Morgan fingerprint density at radius 1 is 1.30 bits per heavy atom. The molecule has 2 nitrogen and oxygen atoms in total. The first-order valence-electron chi connectivity index (χ1n) is 3.74. The van der Waals surface area contributed by atoms with Crippen molar-refractivity contribution >= 4 is 0 Å². The third-order valence-electron chi connectivity index (χ3n) is 1.36. The van der Waals surface area contributed by atoms with Crippen LogP contribution in [0.5, 0.6) is 0 Å². The van der Waals surface area contributed by atoms with E-state index in [-0.39, 0.29) is 13.3 Å². The average molecular weight is 149 g/mol. The zero-order valence-corrected chi connectivity index (χ0v) is 6.52. The molecule has 0 amide bonds. The smallest absolute Gasteiger partial charge is 0.102 e. The van der Waals surface area contributed by atoms with Gasteiger partial charge in [0.05, 0.1) is 6.61 Å². The molecule has 0 atom stereocenters. The maximum atomic E-state index is 11.8. The topological polar surface area (TPSA) is 23.5 Å². The Kier molecular flexibility index (Phi) is 6.86. The van der Waals surface area contributed by atoms with E-state index in [4.69, 9.17) is 5.11 Å². The van der Waals surface area contributed by atoms with Gasteiger partial charge in [-0.1, -0.05) is 6.92 Å². The summed E-state index contributed by atoms with van der Waals surface area (Å²) in [7, 11) is 0. The molecular formula is C7H16FNO. The molecule has 1 N–H and O–H groups in total. The van der Waals surface area contributed by atoms with Crippen LogP contribution in [0.1, 0.15) is 13.3 Å². The van der Waals surface area contributed by atoms with Gasteiger partial charge in [-0.05, 0) is 13.0 Å². The number of halogens is 1. The van der Waals surface area contributed by atoms with E-state index in [1.165, 1.54) is 0 Å². The summed E-state index contributed by atoms with van der Waals surface area (Å²) in [4.78, 5) is 1.92. The van der Waals surface area contributed by atoms with Crippen molar-refractivity contribution in [2.75, 3.05) is 32.9 Å². The number of hydrogen-bond acceptors (Lipinski definition) is 2. The van der Waals surface area contributed by atoms with Crippen molar-refractivity contribution in [2.45, 2.75) is 13.3 Å². The van der Waals surface area contributed by atoms with E-state index in [2.05, 4.69) is 0 Å². The summed E-state index contributed by atoms with van der Waals surface area (Å²) in [5, 5.41) is 8.53. The van der Waals surface area contributed by atoms with Crippen LogP contribution in [0.3, 0.4) is 0 Å². The summed E-state index contributed by atoms with van der Waals surface area (Å²) in [6.45, 7) is 3.78. The maximum Gasteiger partial charge on any atom is 0.102 e. The predicted octanol–water partition coefficient (Wildman–Crippen LogP) is 0.660. The van der Waals surface area contributed by atoms with Crippen LogP contribution in [0.25, 0.3) is 0 Å². The van der Waals surface area contributed by atoms with E-state index >= 15 is 0 Å². The molecule has 0 bridgehead atoms. The van der Waals surface area contributed by atoms with Gasteiger partial charge >= 0.3 is 0 Å². The zero-order valence-electron chi connectivity index (χ0n) is 6.52. The molecule has 62 valence electrons. The van der Waals surface area contributed by atoms with Crippen molar-refractivity contribution in [1.29, 1.82) is 0 Å². The highest BCUT2D eigenvalue weighted by Gasteiger charge is 2.00. The Balaban J connectivity index is 3.30. The Hall–Kier alpha value is -0.150. The molecule has 0 aliphatic heterocycles. The van der Waals surface area contributed by atoms with E-state index in [0.29, 0.717) is 13.1 Å². The zero-order chi connectivity index (χ0) is 7.82. The van der Waals surface area contributed by atoms with Gasteiger partial charge in [-0.2, -0.15) is 0 Å². The summed E-state index contributed by atoms with van der Waals surface area (Å²) in [6, 6.07) is 0. The summed E-state index contributed by atoms with van der Waals surface area (Å²) < 4.78 is 11.8. The Bertz CT molecular complexity index is 56.4. The Labute approximate surface area is 61.6 Å². The van der Waals surface area contributed by atoms with E-state index in [1.807, 2.05) is 11.8 Å². The summed E-state index contributed by atoms with van der Waals surface area (Å²) in [5.74, 6) is 0. The third kappa shape index (κ3) is 4.70. The van der Waals surface area contributed by atoms with E-state index in [0.717, 1.165) is 13.0 Å². The molecule has 0 spiro atoms. The van der Waals surface area contributed by atoms with E-state index in [1.54, 1.807) is 0 Å². The molecule has 0 aliphatic rings. The van der Waals surface area contributed by atoms with Crippen LogP contribution >= 0.6 is 0 Å². The van der Waals surface area contributed by atoms with E-state index in [9.17, 15) is 4.39 Å². The van der Waals surface area contributed by atoms with Gasteiger partial charge in [-0.15, -0.1) is 0 Å². The summed E-state index contributed by atoms with van der Waals surface area (Å²) in [6.07, 6.45) is 1.01. The molecule has 0 heterocycles. The van der Waals surface area contributed by atoms with Gasteiger partial charge in [-0.3, -0.25) is 4.90 Å². The molecule has 0 rings (SSSR count). The molecule has 0 aromatic carbocycles.